The van der Waals surface area contributed by atoms with E-state index in [9.17, 15) is 20.1 Å². The van der Waals surface area contributed by atoms with Crippen LogP contribution in [0, 0.1) is 0 Å². The highest BCUT2D eigenvalue weighted by molar-refractivity contribution is 5.72. The fourth-order valence-electron chi connectivity index (χ4n) is 1.74. The second kappa shape index (κ2) is 7.73. The number of hydrogen-bond acceptors (Lipinski definition) is 7. The van der Waals surface area contributed by atoms with Gasteiger partial charge in [-0.05, 0) is 6.42 Å². The summed E-state index contributed by atoms with van der Waals surface area (Å²) in [6, 6.07) is 0. The third-order valence-electron chi connectivity index (χ3n) is 2.83. The molecule has 19 heavy (non-hydrogen) atoms. The average Bonchev–Trinajstić information content (AvgIpc) is 2.37. The van der Waals surface area contributed by atoms with E-state index in [4.69, 9.17) is 14.6 Å². The first-order chi connectivity index (χ1) is 8.97. The fourth-order valence-corrected chi connectivity index (χ4v) is 1.74. The lowest BCUT2D eigenvalue weighted by Gasteiger charge is -2.39. The van der Waals surface area contributed by atoms with Crippen molar-refractivity contribution in [2.75, 3.05) is 19.8 Å². The van der Waals surface area contributed by atoms with E-state index in [0.29, 0.717) is 13.0 Å². The van der Waals surface area contributed by atoms with Gasteiger partial charge >= 0.3 is 0 Å². The molecule has 1 heterocycles. The molecule has 8 heteroatoms. The summed E-state index contributed by atoms with van der Waals surface area (Å²) in [5.74, 6) is -0.146. The molecule has 0 aromatic rings. The van der Waals surface area contributed by atoms with Gasteiger partial charge in [-0.3, -0.25) is 4.79 Å². The highest BCUT2D eigenvalue weighted by Crippen LogP contribution is 2.21. The van der Waals surface area contributed by atoms with Crippen molar-refractivity contribution in [3.63, 3.8) is 0 Å². The van der Waals surface area contributed by atoms with E-state index in [0.717, 1.165) is 0 Å². The van der Waals surface area contributed by atoms with E-state index in [1.807, 2.05) is 0 Å². The number of carbonyl (C=O) groups is 1. The molecule has 0 aromatic carbocycles. The Morgan fingerprint density at radius 2 is 1.95 bits per heavy atom. The molecule has 1 rings (SSSR count). The molecule has 8 nitrogen and oxygen atoms in total. The first kappa shape index (κ1) is 16.3. The molecule has 0 spiro atoms. The summed E-state index contributed by atoms with van der Waals surface area (Å²) in [7, 11) is 0. The lowest BCUT2D eigenvalue weighted by molar-refractivity contribution is -0.301. The summed E-state index contributed by atoms with van der Waals surface area (Å²) in [5.41, 5.74) is 0. The molecular weight excluding hydrogens is 258 g/mol. The maximum atomic E-state index is 10.6. The Labute approximate surface area is 110 Å². The lowest BCUT2D eigenvalue weighted by Crippen LogP contribution is -2.59. The summed E-state index contributed by atoms with van der Waals surface area (Å²) in [4.78, 5) is 10.6. The summed E-state index contributed by atoms with van der Waals surface area (Å²) in [6.07, 6.45) is -5.80. The molecule has 1 aliphatic heterocycles. The van der Waals surface area contributed by atoms with E-state index in [-0.39, 0.29) is 12.5 Å². The molecule has 0 aromatic heterocycles. The third-order valence-corrected chi connectivity index (χ3v) is 2.83. The van der Waals surface area contributed by atoms with Crippen molar-refractivity contribution in [1.29, 1.82) is 0 Å². The van der Waals surface area contributed by atoms with Gasteiger partial charge in [0.05, 0.1) is 13.2 Å². The minimum atomic E-state index is -1.44. The summed E-state index contributed by atoms with van der Waals surface area (Å²) < 4.78 is 10.4. The van der Waals surface area contributed by atoms with Crippen LogP contribution in [0.2, 0.25) is 0 Å². The van der Waals surface area contributed by atoms with E-state index >= 15 is 0 Å². The third kappa shape index (κ3) is 4.68. The van der Waals surface area contributed by atoms with Crippen LogP contribution < -0.4 is 5.32 Å². The maximum absolute atomic E-state index is 10.6. The van der Waals surface area contributed by atoms with Crippen LogP contribution in [0.5, 0.6) is 0 Å². The molecule has 0 bridgehead atoms. The smallest absolute Gasteiger partial charge is 0.216 e. The van der Waals surface area contributed by atoms with Gasteiger partial charge in [-0.25, -0.2) is 0 Å². The summed E-state index contributed by atoms with van der Waals surface area (Å²) in [6.45, 7) is 1.53. The van der Waals surface area contributed by atoms with E-state index in [1.165, 1.54) is 6.92 Å². The van der Waals surface area contributed by atoms with Crippen molar-refractivity contribution < 1.29 is 34.7 Å². The standard InChI is InChI=1S/C11H21NO7/c1-6(14)12-3-2-4-18-11-10(17)9(16)8(15)7(5-13)19-11/h7-11,13,15-17H,2-5H2,1H3,(H,12,14)/t7-,8+,9+,10-,11-/m1/s1. The van der Waals surface area contributed by atoms with Crippen LogP contribution >= 0.6 is 0 Å². The highest BCUT2D eigenvalue weighted by atomic mass is 16.7. The Hall–Kier alpha value is -0.770. The van der Waals surface area contributed by atoms with E-state index in [1.54, 1.807) is 0 Å². The Kier molecular flexibility index (Phi) is 6.63. The van der Waals surface area contributed by atoms with E-state index in [2.05, 4.69) is 5.32 Å². The summed E-state index contributed by atoms with van der Waals surface area (Å²) >= 11 is 0. The minimum Gasteiger partial charge on any atom is -0.394 e. The van der Waals surface area contributed by atoms with Gasteiger partial charge in [0.1, 0.15) is 24.4 Å². The summed E-state index contributed by atoms with van der Waals surface area (Å²) in [5, 5.41) is 40.3. The van der Waals surface area contributed by atoms with Gasteiger partial charge in [0.2, 0.25) is 5.91 Å². The number of carbonyl (C=O) groups excluding carboxylic acids is 1. The Bertz CT molecular complexity index is 286. The molecule has 1 saturated heterocycles. The number of aliphatic hydroxyl groups excluding tert-OH is 4. The van der Waals surface area contributed by atoms with Crippen molar-refractivity contribution in [2.24, 2.45) is 0 Å². The van der Waals surface area contributed by atoms with Crippen molar-refractivity contribution in [2.45, 2.75) is 44.1 Å². The van der Waals surface area contributed by atoms with Gasteiger partial charge in [-0.1, -0.05) is 0 Å². The van der Waals surface area contributed by atoms with Gasteiger partial charge in [-0.2, -0.15) is 0 Å². The zero-order valence-corrected chi connectivity index (χ0v) is 10.7. The van der Waals surface area contributed by atoms with Gasteiger partial charge < -0.3 is 35.2 Å². The minimum absolute atomic E-state index is 0.146. The topological polar surface area (TPSA) is 128 Å². The zero-order chi connectivity index (χ0) is 14.4. The zero-order valence-electron chi connectivity index (χ0n) is 10.7. The number of aliphatic hydroxyl groups is 4. The molecule has 1 amide bonds. The number of nitrogens with one attached hydrogen (secondary N) is 1. The Morgan fingerprint density at radius 3 is 2.53 bits per heavy atom. The first-order valence-electron chi connectivity index (χ1n) is 6.14. The van der Waals surface area contributed by atoms with Gasteiger partial charge in [0, 0.05) is 13.5 Å². The van der Waals surface area contributed by atoms with Gasteiger partial charge in [0.15, 0.2) is 6.29 Å². The molecule has 0 radical (unpaired) electrons. The molecule has 5 N–H and O–H groups in total. The second-order valence-electron chi connectivity index (χ2n) is 4.40. The molecule has 112 valence electrons. The van der Waals surface area contributed by atoms with Crippen LogP contribution in [-0.2, 0) is 14.3 Å². The fraction of sp³-hybridized carbons (Fsp3) is 0.909. The van der Waals surface area contributed by atoms with Crippen molar-refractivity contribution >= 4 is 5.91 Å². The first-order valence-corrected chi connectivity index (χ1v) is 6.14. The number of amides is 1. The normalized spacial score (nSPS) is 35.1. The SMILES string of the molecule is CC(=O)NCCCO[C@@H]1O[C@H](CO)[C@H](O)[C@H](O)[C@H]1O. The van der Waals surface area contributed by atoms with Crippen molar-refractivity contribution in [3.05, 3.63) is 0 Å². The lowest BCUT2D eigenvalue weighted by atomic mass is 9.99. The van der Waals surface area contributed by atoms with E-state index < -0.39 is 37.3 Å². The predicted octanol–water partition coefficient (Wildman–Crippen LogP) is -2.67. The Balaban J connectivity index is 2.33. The van der Waals surface area contributed by atoms with Crippen LogP contribution in [0.3, 0.4) is 0 Å². The number of hydrogen-bond donors (Lipinski definition) is 5. The highest BCUT2D eigenvalue weighted by Gasteiger charge is 2.43. The second-order valence-corrected chi connectivity index (χ2v) is 4.40. The maximum Gasteiger partial charge on any atom is 0.216 e. The molecule has 1 fully saturated rings. The monoisotopic (exact) mass is 279 g/mol. The van der Waals surface area contributed by atoms with Crippen LogP contribution in [0.4, 0.5) is 0 Å². The molecular formula is C11H21NO7. The molecule has 1 aliphatic rings. The Morgan fingerprint density at radius 1 is 1.26 bits per heavy atom. The molecule has 0 aliphatic carbocycles. The predicted molar refractivity (Wildman–Crippen MR) is 63.0 cm³/mol. The van der Waals surface area contributed by atoms with Crippen LogP contribution in [0.15, 0.2) is 0 Å². The van der Waals surface area contributed by atoms with Gasteiger partial charge in [0.25, 0.3) is 0 Å². The number of ether oxygens (including phenoxy) is 2. The van der Waals surface area contributed by atoms with Crippen molar-refractivity contribution in [1.82, 2.24) is 5.32 Å². The number of rotatable bonds is 6. The van der Waals surface area contributed by atoms with Crippen LogP contribution in [0.1, 0.15) is 13.3 Å². The van der Waals surface area contributed by atoms with Gasteiger partial charge in [-0.15, -0.1) is 0 Å². The quantitative estimate of drug-likeness (QED) is 0.335. The van der Waals surface area contributed by atoms with Crippen molar-refractivity contribution in [3.8, 4) is 0 Å². The largest absolute Gasteiger partial charge is 0.394 e. The molecule has 0 unspecified atom stereocenters. The average molecular weight is 279 g/mol. The van der Waals surface area contributed by atoms with Crippen LogP contribution in [0.25, 0.3) is 0 Å². The molecule has 5 atom stereocenters. The molecule has 0 saturated carbocycles. The van der Waals surface area contributed by atoms with Crippen LogP contribution in [-0.4, -0.2) is 76.8 Å².